The van der Waals surface area contributed by atoms with Crippen LogP contribution in [0.2, 0.25) is 0 Å². The Labute approximate surface area is 114 Å². The normalized spacial score (nSPS) is 10.9. The third-order valence-electron chi connectivity index (χ3n) is 2.34. The van der Waals surface area contributed by atoms with Crippen molar-refractivity contribution in [1.29, 1.82) is 0 Å². The van der Waals surface area contributed by atoms with E-state index in [0.717, 1.165) is 5.56 Å². The number of esters is 1. The molecule has 0 aliphatic heterocycles. The van der Waals surface area contributed by atoms with Crippen LogP contribution in [-0.4, -0.2) is 18.5 Å². The second-order valence-corrected chi connectivity index (χ2v) is 5.82. The molecule has 0 aliphatic rings. The van der Waals surface area contributed by atoms with Crippen LogP contribution in [0.3, 0.4) is 0 Å². The van der Waals surface area contributed by atoms with Crippen molar-refractivity contribution in [2.75, 3.05) is 11.9 Å². The van der Waals surface area contributed by atoms with E-state index in [-0.39, 0.29) is 23.9 Å². The number of nitrogens with one attached hydrogen (secondary N) is 1. The smallest absolute Gasteiger partial charge is 0.306 e. The Hall–Kier alpha value is -1.84. The van der Waals surface area contributed by atoms with Crippen molar-refractivity contribution in [1.82, 2.24) is 0 Å². The third kappa shape index (κ3) is 6.60. The minimum Gasteiger partial charge on any atom is -0.456 e. The molecule has 0 bridgehead atoms. The van der Waals surface area contributed by atoms with Gasteiger partial charge in [0.2, 0.25) is 0 Å². The maximum Gasteiger partial charge on any atom is 0.306 e. The van der Waals surface area contributed by atoms with Crippen LogP contribution < -0.4 is 5.32 Å². The van der Waals surface area contributed by atoms with E-state index in [9.17, 15) is 9.59 Å². The molecule has 104 valence electrons. The number of carbonyl (C=O) groups excluding carboxylic acids is 2. The van der Waals surface area contributed by atoms with E-state index in [1.807, 2.05) is 45.9 Å². The molecule has 4 heteroatoms. The molecule has 0 saturated carbocycles. The number of carbonyl (C=O) groups is 2. The Bertz CT molecular complexity index is 461. The Morgan fingerprint density at radius 2 is 1.95 bits per heavy atom. The summed E-state index contributed by atoms with van der Waals surface area (Å²) in [6, 6.07) is 7.45. The van der Waals surface area contributed by atoms with Gasteiger partial charge < -0.3 is 10.1 Å². The van der Waals surface area contributed by atoms with E-state index in [0.29, 0.717) is 12.1 Å². The zero-order valence-corrected chi connectivity index (χ0v) is 11.9. The van der Waals surface area contributed by atoms with Crippen LogP contribution in [0.5, 0.6) is 0 Å². The minimum atomic E-state index is -0.355. The van der Waals surface area contributed by atoms with Crippen molar-refractivity contribution in [3.63, 3.8) is 0 Å². The maximum atomic E-state index is 11.6. The van der Waals surface area contributed by atoms with Gasteiger partial charge in [0.1, 0.15) is 0 Å². The first-order valence-electron chi connectivity index (χ1n) is 6.28. The minimum absolute atomic E-state index is 0.135. The first-order chi connectivity index (χ1) is 8.76. The summed E-state index contributed by atoms with van der Waals surface area (Å²) in [5, 5.41) is 2.68. The second kappa shape index (κ2) is 6.36. The topological polar surface area (TPSA) is 55.4 Å². The molecule has 1 amide bonds. The molecular weight excluding hydrogens is 242 g/mol. The standard InChI is InChI=1S/C15H21NO3/c1-11-6-5-7-12(8-11)16-13(17)10-19-14(18)9-15(2,3)4/h5-8H,9-10H2,1-4H3,(H,16,17). The zero-order valence-electron chi connectivity index (χ0n) is 11.9. The summed E-state index contributed by atoms with van der Waals surface area (Å²) in [7, 11) is 0. The highest BCUT2D eigenvalue weighted by molar-refractivity contribution is 5.92. The number of amides is 1. The molecule has 0 spiro atoms. The quantitative estimate of drug-likeness (QED) is 0.850. The highest BCUT2D eigenvalue weighted by atomic mass is 16.5. The summed E-state index contributed by atoms with van der Waals surface area (Å²) >= 11 is 0. The fourth-order valence-electron chi connectivity index (χ4n) is 1.55. The molecule has 0 fully saturated rings. The SMILES string of the molecule is Cc1cccc(NC(=O)COC(=O)CC(C)(C)C)c1. The highest BCUT2D eigenvalue weighted by Crippen LogP contribution is 2.18. The number of anilines is 1. The average Bonchev–Trinajstić information content (AvgIpc) is 2.24. The fraction of sp³-hybridized carbons (Fsp3) is 0.467. The van der Waals surface area contributed by atoms with E-state index in [4.69, 9.17) is 4.74 Å². The lowest BCUT2D eigenvalue weighted by molar-refractivity contribution is -0.149. The lowest BCUT2D eigenvalue weighted by Gasteiger charge is -2.16. The predicted molar refractivity (Wildman–Crippen MR) is 74.8 cm³/mol. The molecular formula is C15H21NO3. The van der Waals surface area contributed by atoms with Gasteiger partial charge in [0.25, 0.3) is 5.91 Å². The molecule has 0 aromatic heterocycles. The van der Waals surface area contributed by atoms with E-state index in [1.165, 1.54) is 0 Å². The molecule has 0 aliphatic carbocycles. The molecule has 0 unspecified atom stereocenters. The summed E-state index contributed by atoms with van der Waals surface area (Å²) < 4.78 is 4.93. The summed E-state index contributed by atoms with van der Waals surface area (Å²) in [6.07, 6.45) is 0.296. The van der Waals surface area contributed by atoms with Crippen LogP contribution in [0.4, 0.5) is 5.69 Å². The average molecular weight is 263 g/mol. The van der Waals surface area contributed by atoms with Gasteiger partial charge in [0, 0.05) is 5.69 Å². The molecule has 0 atom stereocenters. The van der Waals surface area contributed by atoms with Crippen molar-refractivity contribution in [3.05, 3.63) is 29.8 Å². The Balaban J connectivity index is 2.38. The summed E-state index contributed by atoms with van der Waals surface area (Å²) in [5.41, 5.74) is 1.63. The lowest BCUT2D eigenvalue weighted by Crippen LogP contribution is -2.23. The molecule has 19 heavy (non-hydrogen) atoms. The van der Waals surface area contributed by atoms with E-state index < -0.39 is 0 Å². The van der Waals surface area contributed by atoms with Crippen LogP contribution in [0.15, 0.2) is 24.3 Å². The Kier molecular flexibility index (Phi) is 5.10. The van der Waals surface area contributed by atoms with Gasteiger partial charge in [0.15, 0.2) is 6.61 Å². The number of rotatable bonds is 4. The lowest BCUT2D eigenvalue weighted by atomic mass is 9.92. The molecule has 1 N–H and O–H groups in total. The second-order valence-electron chi connectivity index (χ2n) is 5.82. The van der Waals surface area contributed by atoms with Crippen LogP contribution in [0.25, 0.3) is 0 Å². The van der Waals surface area contributed by atoms with Crippen LogP contribution in [0.1, 0.15) is 32.8 Å². The fourth-order valence-corrected chi connectivity index (χ4v) is 1.55. The van der Waals surface area contributed by atoms with Crippen molar-refractivity contribution < 1.29 is 14.3 Å². The first kappa shape index (κ1) is 15.2. The molecule has 0 heterocycles. The number of benzene rings is 1. The van der Waals surface area contributed by atoms with Crippen molar-refractivity contribution in [3.8, 4) is 0 Å². The van der Waals surface area contributed by atoms with Crippen molar-refractivity contribution in [2.45, 2.75) is 34.1 Å². The summed E-state index contributed by atoms with van der Waals surface area (Å²) in [6.45, 7) is 7.53. The maximum absolute atomic E-state index is 11.6. The molecule has 1 rings (SSSR count). The van der Waals surface area contributed by atoms with E-state index in [1.54, 1.807) is 6.07 Å². The van der Waals surface area contributed by atoms with E-state index >= 15 is 0 Å². The molecule has 1 aromatic rings. The van der Waals surface area contributed by atoms with Gasteiger partial charge in [-0.15, -0.1) is 0 Å². The number of ether oxygens (including phenoxy) is 1. The summed E-state index contributed by atoms with van der Waals surface area (Å²) in [4.78, 5) is 23.1. The van der Waals surface area contributed by atoms with Gasteiger partial charge in [0.05, 0.1) is 6.42 Å². The van der Waals surface area contributed by atoms with Crippen LogP contribution in [-0.2, 0) is 14.3 Å². The monoisotopic (exact) mass is 263 g/mol. The third-order valence-corrected chi connectivity index (χ3v) is 2.34. The van der Waals surface area contributed by atoms with Crippen LogP contribution >= 0.6 is 0 Å². The van der Waals surface area contributed by atoms with Crippen molar-refractivity contribution in [2.24, 2.45) is 5.41 Å². The van der Waals surface area contributed by atoms with Crippen molar-refractivity contribution >= 4 is 17.6 Å². The zero-order chi connectivity index (χ0) is 14.5. The molecule has 1 aromatic carbocycles. The van der Waals surface area contributed by atoms with Gasteiger partial charge >= 0.3 is 5.97 Å². The van der Waals surface area contributed by atoms with Gasteiger partial charge in [-0.2, -0.15) is 0 Å². The Morgan fingerprint density at radius 1 is 1.26 bits per heavy atom. The molecule has 0 saturated heterocycles. The van der Waals surface area contributed by atoms with Gasteiger partial charge in [-0.05, 0) is 30.0 Å². The summed E-state index contributed by atoms with van der Waals surface area (Å²) in [5.74, 6) is -0.681. The largest absolute Gasteiger partial charge is 0.456 e. The molecule has 4 nitrogen and oxygen atoms in total. The number of hydrogen-bond donors (Lipinski definition) is 1. The Morgan fingerprint density at radius 3 is 2.53 bits per heavy atom. The van der Waals surface area contributed by atoms with Gasteiger partial charge in [-0.3, -0.25) is 9.59 Å². The number of hydrogen-bond acceptors (Lipinski definition) is 3. The van der Waals surface area contributed by atoms with Crippen LogP contribution in [0, 0.1) is 12.3 Å². The predicted octanol–water partition coefficient (Wildman–Crippen LogP) is 2.91. The first-order valence-corrected chi connectivity index (χ1v) is 6.28. The highest BCUT2D eigenvalue weighted by Gasteiger charge is 2.17. The molecule has 0 radical (unpaired) electrons. The van der Waals surface area contributed by atoms with Gasteiger partial charge in [-0.25, -0.2) is 0 Å². The van der Waals surface area contributed by atoms with E-state index in [2.05, 4.69) is 5.32 Å². The van der Waals surface area contributed by atoms with Gasteiger partial charge in [-0.1, -0.05) is 32.9 Å². The number of aryl methyl sites for hydroxylation is 1.